The summed E-state index contributed by atoms with van der Waals surface area (Å²) in [5.74, 6) is -0.159. The molecule has 6 heteroatoms. The van der Waals surface area contributed by atoms with Gasteiger partial charge < -0.3 is 10.1 Å². The van der Waals surface area contributed by atoms with Crippen molar-refractivity contribution in [3.05, 3.63) is 64.4 Å². The molecule has 0 atom stereocenters. The van der Waals surface area contributed by atoms with Gasteiger partial charge in [0, 0.05) is 12.1 Å². The van der Waals surface area contributed by atoms with Crippen LogP contribution in [0.4, 0.5) is 4.39 Å². The van der Waals surface area contributed by atoms with Gasteiger partial charge in [-0.15, -0.1) is 0 Å². The van der Waals surface area contributed by atoms with Crippen molar-refractivity contribution in [3.63, 3.8) is 0 Å². The van der Waals surface area contributed by atoms with E-state index >= 15 is 0 Å². The van der Waals surface area contributed by atoms with Gasteiger partial charge in [-0.2, -0.15) is 5.26 Å². The molecule has 0 unspecified atom stereocenters. The molecular formula is C17H14ClFN2O2. The van der Waals surface area contributed by atoms with E-state index in [0.717, 1.165) is 5.56 Å². The first kappa shape index (κ1) is 16.8. The monoisotopic (exact) mass is 332 g/mol. The summed E-state index contributed by atoms with van der Waals surface area (Å²) in [6.45, 7) is 0.365. The minimum Gasteiger partial charge on any atom is -0.489 e. The number of nitrogens with zero attached hydrogens (tertiary/aromatic N) is 1. The summed E-state index contributed by atoms with van der Waals surface area (Å²) in [7, 11) is 0. The molecule has 0 bridgehead atoms. The van der Waals surface area contributed by atoms with Crippen molar-refractivity contribution < 1.29 is 13.9 Å². The summed E-state index contributed by atoms with van der Waals surface area (Å²) >= 11 is 5.93. The van der Waals surface area contributed by atoms with Crippen LogP contribution in [0.15, 0.2) is 42.5 Å². The normalized spacial score (nSPS) is 9.96. The molecule has 4 nitrogen and oxygen atoms in total. The van der Waals surface area contributed by atoms with Crippen LogP contribution in [0.25, 0.3) is 0 Å². The quantitative estimate of drug-likeness (QED) is 0.879. The Morgan fingerprint density at radius 3 is 2.65 bits per heavy atom. The molecule has 0 saturated heterocycles. The van der Waals surface area contributed by atoms with Gasteiger partial charge in [0.15, 0.2) is 0 Å². The van der Waals surface area contributed by atoms with Gasteiger partial charge >= 0.3 is 0 Å². The zero-order valence-corrected chi connectivity index (χ0v) is 12.9. The van der Waals surface area contributed by atoms with Crippen LogP contribution in [0.5, 0.6) is 5.75 Å². The minimum atomic E-state index is -0.408. The summed E-state index contributed by atoms with van der Waals surface area (Å²) < 4.78 is 19.1. The first-order valence-electron chi connectivity index (χ1n) is 6.88. The number of hydrogen-bond acceptors (Lipinski definition) is 3. The van der Waals surface area contributed by atoms with E-state index in [9.17, 15) is 9.18 Å². The van der Waals surface area contributed by atoms with Crippen LogP contribution >= 0.6 is 11.6 Å². The Hall–Kier alpha value is -2.58. The number of nitrogens with one attached hydrogen (secondary N) is 1. The van der Waals surface area contributed by atoms with Crippen LogP contribution in [-0.4, -0.2) is 5.91 Å². The number of nitriles is 1. The van der Waals surface area contributed by atoms with Crippen LogP contribution in [0, 0.1) is 17.1 Å². The summed E-state index contributed by atoms with van der Waals surface area (Å²) in [5, 5.41) is 11.3. The second kappa shape index (κ2) is 8.16. The van der Waals surface area contributed by atoms with E-state index in [1.165, 1.54) is 12.1 Å². The highest BCUT2D eigenvalue weighted by Gasteiger charge is 2.07. The largest absolute Gasteiger partial charge is 0.489 e. The maximum Gasteiger partial charge on any atom is 0.234 e. The Kier molecular flexibility index (Phi) is 5.95. The lowest BCUT2D eigenvalue weighted by molar-refractivity contribution is -0.120. The number of halogens is 2. The first-order valence-corrected chi connectivity index (χ1v) is 7.26. The molecule has 0 heterocycles. The molecule has 0 aromatic heterocycles. The number of hydrogen-bond donors (Lipinski definition) is 1. The molecule has 0 fully saturated rings. The Morgan fingerprint density at radius 1 is 1.26 bits per heavy atom. The van der Waals surface area contributed by atoms with Gasteiger partial charge in [-0.05, 0) is 29.8 Å². The highest BCUT2D eigenvalue weighted by atomic mass is 35.5. The lowest BCUT2D eigenvalue weighted by atomic mass is 10.2. The van der Waals surface area contributed by atoms with E-state index in [1.807, 2.05) is 0 Å². The SMILES string of the molecule is N#CCC(=O)NCc1ccc(OCc2c(F)cccc2Cl)cc1. The van der Waals surface area contributed by atoms with E-state index in [4.69, 9.17) is 21.6 Å². The number of ether oxygens (including phenoxy) is 1. The first-order chi connectivity index (χ1) is 11.1. The fraction of sp³-hybridized carbons (Fsp3) is 0.176. The Labute approximate surface area is 138 Å². The maximum absolute atomic E-state index is 13.6. The number of rotatable bonds is 6. The van der Waals surface area contributed by atoms with Crippen LogP contribution < -0.4 is 10.1 Å². The molecule has 23 heavy (non-hydrogen) atoms. The molecule has 118 valence electrons. The van der Waals surface area contributed by atoms with E-state index < -0.39 is 5.82 Å². The standard InChI is InChI=1S/C17H14ClFN2O2/c18-15-2-1-3-16(19)14(15)11-23-13-6-4-12(5-7-13)10-21-17(22)8-9-20/h1-7H,8,10-11H2,(H,21,22). The molecule has 1 amide bonds. The smallest absolute Gasteiger partial charge is 0.234 e. The average Bonchev–Trinajstić information content (AvgIpc) is 2.54. The van der Waals surface area contributed by atoms with Crippen LogP contribution in [0.1, 0.15) is 17.5 Å². The third-order valence-electron chi connectivity index (χ3n) is 3.10. The molecule has 2 rings (SSSR count). The van der Waals surface area contributed by atoms with Crippen molar-refractivity contribution in [2.24, 2.45) is 0 Å². The van der Waals surface area contributed by atoms with Gasteiger partial charge in [0.05, 0.1) is 11.1 Å². The fourth-order valence-electron chi connectivity index (χ4n) is 1.86. The second-order valence-corrected chi connectivity index (χ2v) is 5.15. The molecule has 0 aliphatic rings. The zero-order valence-electron chi connectivity index (χ0n) is 12.2. The minimum absolute atomic E-state index is 0.0315. The highest BCUT2D eigenvalue weighted by molar-refractivity contribution is 6.31. The molecule has 2 aromatic carbocycles. The predicted molar refractivity (Wildman–Crippen MR) is 84.3 cm³/mol. The van der Waals surface area contributed by atoms with Crippen molar-refractivity contribution in [1.82, 2.24) is 5.32 Å². The topological polar surface area (TPSA) is 62.1 Å². The number of carbonyl (C=O) groups is 1. The molecular weight excluding hydrogens is 319 g/mol. The van der Waals surface area contributed by atoms with Crippen molar-refractivity contribution in [1.29, 1.82) is 5.26 Å². The van der Waals surface area contributed by atoms with Gasteiger partial charge in [-0.3, -0.25) is 4.79 Å². The third kappa shape index (κ3) is 4.97. The number of benzene rings is 2. The maximum atomic E-state index is 13.6. The number of amides is 1. The molecule has 0 aliphatic heterocycles. The predicted octanol–water partition coefficient (Wildman–Crippen LogP) is 3.59. The summed E-state index contributed by atoms with van der Waals surface area (Å²) in [6, 6.07) is 13.3. The van der Waals surface area contributed by atoms with E-state index in [2.05, 4.69) is 5.32 Å². The average molecular weight is 333 g/mol. The number of carbonyl (C=O) groups excluding carboxylic acids is 1. The van der Waals surface area contributed by atoms with Gasteiger partial charge in [0.25, 0.3) is 0 Å². The summed E-state index contributed by atoms with van der Waals surface area (Å²) in [5.41, 5.74) is 1.18. The Balaban J connectivity index is 1.90. The van der Waals surface area contributed by atoms with Gasteiger partial charge in [0.1, 0.15) is 24.6 Å². The van der Waals surface area contributed by atoms with Crippen molar-refractivity contribution in [2.75, 3.05) is 0 Å². The van der Waals surface area contributed by atoms with Crippen molar-refractivity contribution in [2.45, 2.75) is 19.6 Å². The lowest BCUT2D eigenvalue weighted by Gasteiger charge is -2.09. The van der Waals surface area contributed by atoms with E-state index in [0.29, 0.717) is 22.9 Å². The Bertz CT molecular complexity index is 706. The molecule has 0 radical (unpaired) electrons. The molecule has 2 aromatic rings. The van der Waals surface area contributed by atoms with Crippen molar-refractivity contribution in [3.8, 4) is 11.8 Å². The van der Waals surface area contributed by atoms with E-state index in [1.54, 1.807) is 36.4 Å². The molecule has 0 aliphatic carbocycles. The van der Waals surface area contributed by atoms with Crippen molar-refractivity contribution >= 4 is 17.5 Å². The zero-order chi connectivity index (χ0) is 16.7. The summed E-state index contributed by atoms with van der Waals surface area (Å²) in [6.07, 6.45) is -0.162. The fourth-order valence-corrected chi connectivity index (χ4v) is 2.08. The molecule has 1 N–H and O–H groups in total. The van der Waals surface area contributed by atoms with Crippen LogP contribution in [0.2, 0.25) is 5.02 Å². The Morgan fingerprint density at radius 2 is 2.00 bits per heavy atom. The third-order valence-corrected chi connectivity index (χ3v) is 3.45. The van der Waals surface area contributed by atoms with Crippen LogP contribution in [-0.2, 0) is 17.9 Å². The van der Waals surface area contributed by atoms with Gasteiger partial charge in [0.2, 0.25) is 5.91 Å². The highest BCUT2D eigenvalue weighted by Crippen LogP contribution is 2.21. The molecule has 0 spiro atoms. The summed E-state index contributed by atoms with van der Waals surface area (Å²) in [4.78, 5) is 11.2. The second-order valence-electron chi connectivity index (χ2n) is 4.74. The van der Waals surface area contributed by atoms with Gasteiger partial charge in [-0.1, -0.05) is 29.8 Å². The van der Waals surface area contributed by atoms with E-state index in [-0.39, 0.29) is 18.9 Å². The van der Waals surface area contributed by atoms with Gasteiger partial charge in [-0.25, -0.2) is 4.39 Å². The lowest BCUT2D eigenvalue weighted by Crippen LogP contribution is -2.21. The molecule has 0 saturated carbocycles. The van der Waals surface area contributed by atoms with Crippen LogP contribution in [0.3, 0.4) is 0 Å².